The van der Waals surface area contributed by atoms with Crippen LogP contribution in [0.2, 0.25) is 0 Å². The Kier molecular flexibility index (Phi) is 2.36. The first-order valence-electron chi connectivity index (χ1n) is 3.45. The summed E-state index contributed by atoms with van der Waals surface area (Å²) in [5.74, 6) is -0.295. The number of allylic oxidation sites excluding steroid dienone is 1. The van der Waals surface area contributed by atoms with E-state index in [9.17, 15) is 4.39 Å². The fourth-order valence-electron chi connectivity index (χ4n) is 0.768. The predicted molar refractivity (Wildman–Crippen MR) is 43.5 cm³/mol. The molecule has 0 radical (unpaired) electrons. The zero-order chi connectivity index (χ0) is 8.27. The Bertz CT molecular complexity index is 257. The van der Waals surface area contributed by atoms with E-state index in [-0.39, 0.29) is 5.82 Å². The molecule has 1 nitrogen and oxygen atoms in total. The van der Waals surface area contributed by atoms with Crippen LogP contribution in [0.4, 0.5) is 4.39 Å². The number of pyridine rings is 1. The number of aromatic nitrogens is 1. The quantitative estimate of drug-likeness (QED) is 0.601. The van der Waals surface area contributed by atoms with Gasteiger partial charge in [-0.05, 0) is 32.1 Å². The van der Waals surface area contributed by atoms with Crippen LogP contribution in [-0.2, 0) is 0 Å². The molecule has 1 heterocycles. The van der Waals surface area contributed by atoms with Crippen molar-refractivity contribution < 1.29 is 4.39 Å². The minimum Gasteiger partial charge on any atom is -0.254 e. The summed E-state index contributed by atoms with van der Waals surface area (Å²) in [4.78, 5) is 3.87. The van der Waals surface area contributed by atoms with E-state index in [2.05, 4.69) is 4.98 Å². The minimum absolute atomic E-state index is 0.295. The Morgan fingerprint density at radius 3 is 2.64 bits per heavy atom. The average molecular weight is 151 g/mol. The highest BCUT2D eigenvalue weighted by atomic mass is 19.1. The second kappa shape index (κ2) is 3.28. The van der Waals surface area contributed by atoms with Crippen LogP contribution in [0.1, 0.15) is 19.5 Å². The van der Waals surface area contributed by atoms with Crippen LogP contribution in [0.5, 0.6) is 0 Å². The van der Waals surface area contributed by atoms with Crippen molar-refractivity contribution in [2.75, 3.05) is 0 Å². The van der Waals surface area contributed by atoms with Crippen molar-refractivity contribution in [1.29, 1.82) is 0 Å². The van der Waals surface area contributed by atoms with Crippen molar-refractivity contribution in [2.45, 2.75) is 13.8 Å². The Morgan fingerprint density at radius 1 is 1.45 bits per heavy atom. The van der Waals surface area contributed by atoms with Gasteiger partial charge in [-0.15, -0.1) is 0 Å². The molecule has 58 valence electrons. The first-order chi connectivity index (χ1) is 5.18. The van der Waals surface area contributed by atoms with Gasteiger partial charge in [-0.25, -0.2) is 4.39 Å². The predicted octanol–water partition coefficient (Wildman–Crippen LogP) is 2.64. The molecule has 11 heavy (non-hydrogen) atoms. The number of hydrogen-bond acceptors (Lipinski definition) is 1. The third-order valence-corrected chi connectivity index (χ3v) is 1.19. The summed E-state index contributed by atoms with van der Waals surface area (Å²) in [6, 6.07) is 3.06. The molecule has 0 fully saturated rings. The monoisotopic (exact) mass is 151 g/mol. The molecule has 0 atom stereocenters. The molecule has 0 amide bonds. The lowest BCUT2D eigenvalue weighted by Gasteiger charge is -1.92. The largest absolute Gasteiger partial charge is 0.254 e. The van der Waals surface area contributed by atoms with Gasteiger partial charge in [-0.1, -0.05) is 5.57 Å². The van der Waals surface area contributed by atoms with Crippen LogP contribution in [0.3, 0.4) is 0 Å². The number of nitrogens with zero attached hydrogens (tertiary/aromatic N) is 1. The topological polar surface area (TPSA) is 12.9 Å². The smallest absolute Gasteiger partial charge is 0.141 e. The summed E-state index contributed by atoms with van der Waals surface area (Å²) in [6.07, 6.45) is 3.12. The SMILES string of the molecule is CC(C)=Cc1ccc(F)cn1. The van der Waals surface area contributed by atoms with Gasteiger partial charge in [0.1, 0.15) is 5.82 Å². The number of halogens is 1. The molecule has 1 aromatic heterocycles. The highest BCUT2D eigenvalue weighted by Crippen LogP contribution is 2.03. The van der Waals surface area contributed by atoms with E-state index in [4.69, 9.17) is 0 Å². The molecule has 0 saturated carbocycles. The van der Waals surface area contributed by atoms with Gasteiger partial charge in [0.2, 0.25) is 0 Å². The lowest BCUT2D eigenvalue weighted by Crippen LogP contribution is -1.81. The Morgan fingerprint density at radius 2 is 2.18 bits per heavy atom. The van der Waals surface area contributed by atoms with Crippen LogP contribution in [0.15, 0.2) is 23.9 Å². The average Bonchev–Trinajstić information content (AvgIpc) is 1.93. The third kappa shape index (κ3) is 2.50. The van der Waals surface area contributed by atoms with E-state index in [1.807, 2.05) is 19.9 Å². The molecule has 1 aromatic rings. The van der Waals surface area contributed by atoms with E-state index >= 15 is 0 Å². The molecule has 0 unspecified atom stereocenters. The summed E-state index contributed by atoms with van der Waals surface area (Å²) in [5.41, 5.74) is 1.95. The molecular weight excluding hydrogens is 141 g/mol. The molecule has 1 rings (SSSR count). The Labute approximate surface area is 65.6 Å². The maximum absolute atomic E-state index is 12.3. The van der Waals surface area contributed by atoms with E-state index in [0.717, 1.165) is 11.3 Å². The zero-order valence-corrected chi connectivity index (χ0v) is 6.63. The highest BCUT2D eigenvalue weighted by molar-refractivity contribution is 5.46. The molecule has 0 saturated heterocycles. The molecule has 0 aliphatic heterocycles. The number of hydrogen-bond donors (Lipinski definition) is 0. The lowest BCUT2D eigenvalue weighted by molar-refractivity contribution is 0.621. The fourth-order valence-corrected chi connectivity index (χ4v) is 0.768. The van der Waals surface area contributed by atoms with Crippen LogP contribution >= 0.6 is 0 Å². The molecule has 0 aliphatic rings. The Hall–Kier alpha value is -1.18. The first-order valence-corrected chi connectivity index (χ1v) is 3.45. The van der Waals surface area contributed by atoms with Crippen molar-refractivity contribution in [2.24, 2.45) is 0 Å². The van der Waals surface area contributed by atoms with Crippen LogP contribution in [0.25, 0.3) is 6.08 Å². The molecule has 0 aromatic carbocycles. The van der Waals surface area contributed by atoms with E-state index < -0.39 is 0 Å². The molecule has 2 heteroatoms. The summed E-state index contributed by atoms with van der Waals surface area (Å²) in [6.45, 7) is 3.95. The van der Waals surface area contributed by atoms with E-state index in [1.165, 1.54) is 12.3 Å². The van der Waals surface area contributed by atoms with Crippen molar-refractivity contribution in [3.63, 3.8) is 0 Å². The summed E-state index contributed by atoms with van der Waals surface area (Å²) < 4.78 is 12.3. The molecule has 0 aliphatic carbocycles. The summed E-state index contributed by atoms with van der Waals surface area (Å²) >= 11 is 0. The molecular formula is C9H10FN. The number of rotatable bonds is 1. The molecule has 0 bridgehead atoms. The second-order valence-corrected chi connectivity index (χ2v) is 2.62. The first kappa shape index (κ1) is 7.92. The van der Waals surface area contributed by atoms with Crippen LogP contribution < -0.4 is 0 Å². The van der Waals surface area contributed by atoms with Crippen LogP contribution in [-0.4, -0.2) is 4.98 Å². The normalized spacial score (nSPS) is 9.36. The highest BCUT2D eigenvalue weighted by Gasteiger charge is 1.89. The van der Waals surface area contributed by atoms with Gasteiger partial charge >= 0.3 is 0 Å². The van der Waals surface area contributed by atoms with Gasteiger partial charge in [-0.2, -0.15) is 0 Å². The zero-order valence-electron chi connectivity index (χ0n) is 6.63. The third-order valence-electron chi connectivity index (χ3n) is 1.19. The Balaban J connectivity index is 2.91. The van der Waals surface area contributed by atoms with E-state index in [1.54, 1.807) is 6.07 Å². The molecule has 0 spiro atoms. The summed E-state index contributed by atoms with van der Waals surface area (Å²) in [5, 5.41) is 0. The minimum atomic E-state index is -0.295. The van der Waals surface area contributed by atoms with Crippen molar-refractivity contribution in [1.82, 2.24) is 4.98 Å². The van der Waals surface area contributed by atoms with Crippen molar-refractivity contribution in [3.05, 3.63) is 35.4 Å². The van der Waals surface area contributed by atoms with Gasteiger partial charge in [-0.3, -0.25) is 4.98 Å². The standard InChI is InChI=1S/C9H10FN/c1-7(2)5-9-4-3-8(10)6-11-9/h3-6H,1-2H3. The lowest BCUT2D eigenvalue weighted by atomic mass is 10.2. The van der Waals surface area contributed by atoms with Crippen molar-refractivity contribution >= 4 is 6.08 Å². The van der Waals surface area contributed by atoms with Gasteiger partial charge in [0.25, 0.3) is 0 Å². The van der Waals surface area contributed by atoms with E-state index in [0.29, 0.717) is 0 Å². The summed E-state index contributed by atoms with van der Waals surface area (Å²) in [7, 11) is 0. The van der Waals surface area contributed by atoms with Gasteiger partial charge in [0.05, 0.1) is 11.9 Å². The second-order valence-electron chi connectivity index (χ2n) is 2.62. The van der Waals surface area contributed by atoms with Gasteiger partial charge in [0.15, 0.2) is 0 Å². The fraction of sp³-hybridized carbons (Fsp3) is 0.222. The maximum atomic E-state index is 12.3. The van der Waals surface area contributed by atoms with Crippen molar-refractivity contribution in [3.8, 4) is 0 Å². The van der Waals surface area contributed by atoms with Gasteiger partial charge < -0.3 is 0 Å². The van der Waals surface area contributed by atoms with Crippen LogP contribution in [0, 0.1) is 5.82 Å². The maximum Gasteiger partial charge on any atom is 0.141 e. The van der Waals surface area contributed by atoms with Gasteiger partial charge in [0, 0.05) is 0 Å². The molecule has 0 N–H and O–H groups in total.